The molecule has 1 nitrogen and oxygen atoms in total. The molecule has 1 aromatic rings. The minimum Gasteiger partial charge on any atom is -0.309 e. The van der Waals surface area contributed by atoms with Crippen molar-refractivity contribution in [3.05, 3.63) is 35.4 Å². The van der Waals surface area contributed by atoms with Gasteiger partial charge in [-0.05, 0) is 62.0 Å². The topological polar surface area (TPSA) is 12.0 Å². The van der Waals surface area contributed by atoms with Crippen molar-refractivity contribution < 1.29 is 0 Å². The summed E-state index contributed by atoms with van der Waals surface area (Å²) >= 11 is 0. The van der Waals surface area contributed by atoms with Gasteiger partial charge in [-0.25, -0.2) is 0 Å². The van der Waals surface area contributed by atoms with E-state index in [0.29, 0.717) is 12.0 Å². The summed E-state index contributed by atoms with van der Waals surface area (Å²) < 4.78 is 0. The lowest BCUT2D eigenvalue weighted by atomic mass is 9.81. The van der Waals surface area contributed by atoms with Gasteiger partial charge in [0.1, 0.15) is 0 Å². The maximum atomic E-state index is 4.11. The highest BCUT2D eigenvalue weighted by Crippen LogP contribution is 2.30. The van der Waals surface area contributed by atoms with E-state index in [-0.39, 0.29) is 11.0 Å². The first kappa shape index (κ1) is 29.2. The fraction of sp³-hybridized carbons (Fsp3) is 0.806. The Morgan fingerprint density at radius 1 is 0.719 bits per heavy atom. The number of unbranched alkanes of at least 4 members (excludes halogenated alkanes) is 7. The highest BCUT2D eigenvalue weighted by atomic mass is 15.0. The van der Waals surface area contributed by atoms with Gasteiger partial charge in [0.15, 0.2) is 0 Å². The van der Waals surface area contributed by atoms with E-state index in [1.165, 1.54) is 94.6 Å². The van der Waals surface area contributed by atoms with Gasteiger partial charge in [0.2, 0.25) is 0 Å². The van der Waals surface area contributed by atoms with Crippen molar-refractivity contribution in [3.63, 3.8) is 0 Å². The first-order valence-corrected chi connectivity index (χ1v) is 14.1. The van der Waals surface area contributed by atoms with Crippen LogP contribution in [0.4, 0.5) is 0 Å². The Morgan fingerprint density at radius 2 is 1.22 bits per heavy atom. The maximum Gasteiger partial charge on any atom is 0.0155 e. The van der Waals surface area contributed by atoms with E-state index >= 15 is 0 Å². The second-order valence-electron chi connectivity index (χ2n) is 11.6. The molecule has 0 fully saturated rings. The molecule has 0 radical (unpaired) electrons. The Morgan fingerprint density at radius 3 is 1.72 bits per heavy atom. The predicted octanol–water partition coefficient (Wildman–Crippen LogP) is 9.94. The van der Waals surface area contributed by atoms with Gasteiger partial charge in [0.25, 0.3) is 0 Å². The Balaban J connectivity index is 2.67. The summed E-state index contributed by atoms with van der Waals surface area (Å²) in [6.07, 6.45) is 17.4. The number of benzene rings is 1. The van der Waals surface area contributed by atoms with Gasteiger partial charge in [-0.1, -0.05) is 124 Å². The van der Waals surface area contributed by atoms with E-state index in [2.05, 4.69) is 85.0 Å². The zero-order valence-corrected chi connectivity index (χ0v) is 23.2. The van der Waals surface area contributed by atoms with E-state index in [1.54, 1.807) is 0 Å². The van der Waals surface area contributed by atoms with Gasteiger partial charge in [0, 0.05) is 11.6 Å². The van der Waals surface area contributed by atoms with Crippen LogP contribution in [0, 0.1) is 0 Å². The van der Waals surface area contributed by atoms with Gasteiger partial charge < -0.3 is 5.32 Å². The molecule has 0 saturated heterocycles. The summed E-state index contributed by atoms with van der Waals surface area (Å²) in [5.41, 5.74) is 3.50. The molecule has 0 aliphatic heterocycles. The van der Waals surface area contributed by atoms with Gasteiger partial charge in [-0.2, -0.15) is 0 Å². The fourth-order valence-electron chi connectivity index (χ4n) is 5.12. The first-order valence-electron chi connectivity index (χ1n) is 14.1. The minimum absolute atomic E-state index is 0.271. The molecule has 1 N–H and O–H groups in total. The van der Waals surface area contributed by atoms with Gasteiger partial charge in [0.05, 0.1) is 0 Å². The fourth-order valence-corrected chi connectivity index (χ4v) is 5.12. The Labute approximate surface area is 202 Å². The molecule has 32 heavy (non-hydrogen) atoms. The Bertz CT molecular complexity index is 587. The second-order valence-corrected chi connectivity index (χ2v) is 11.6. The van der Waals surface area contributed by atoms with Crippen LogP contribution in [0.25, 0.3) is 0 Å². The molecule has 3 unspecified atom stereocenters. The molecule has 0 spiro atoms. The standard InChI is InChI=1S/C31H57N/c1-9-12-14-16-18-24-31(8,23-17-15-13-10-2)32-27(5)25-26(4)28-19-21-29(22-20-28)30(6,7)11-3/h19-22,26-27,32H,9-18,23-25H2,1-8H3. The normalized spacial score (nSPS) is 16.0. The molecule has 186 valence electrons. The van der Waals surface area contributed by atoms with Crippen molar-refractivity contribution in [1.82, 2.24) is 5.32 Å². The van der Waals surface area contributed by atoms with E-state index in [1.807, 2.05) is 0 Å². The molecule has 0 bridgehead atoms. The average Bonchev–Trinajstić information content (AvgIpc) is 2.76. The Hall–Kier alpha value is -0.820. The van der Waals surface area contributed by atoms with Gasteiger partial charge >= 0.3 is 0 Å². The summed E-state index contributed by atoms with van der Waals surface area (Å²) in [7, 11) is 0. The number of hydrogen-bond acceptors (Lipinski definition) is 1. The molecule has 3 atom stereocenters. The molecule has 0 aromatic heterocycles. The molecule has 1 aromatic carbocycles. The van der Waals surface area contributed by atoms with Crippen LogP contribution in [0.2, 0.25) is 0 Å². The van der Waals surface area contributed by atoms with E-state index < -0.39 is 0 Å². The highest BCUT2D eigenvalue weighted by molar-refractivity contribution is 5.29. The van der Waals surface area contributed by atoms with Crippen LogP contribution in [-0.4, -0.2) is 11.6 Å². The molecule has 0 saturated carbocycles. The number of nitrogens with one attached hydrogen (secondary N) is 1. The van der Waals surface area contributed by atoms with Crippen molar-refractivity contribution in [2.24, 2.45) is 0 Å². The quantitative estimate of drug-likeness (QED) is 0.222. The smallest absolute Gasteiger partial charge is 0.0155 e. The van der Waals surface area contributed by atoms with Crippen molar-refractivity contribution in [2.45, 2.75) is 162 Å². The molecule has 0 amide bonds. The lowest BCUT2D eigenvalue weighted by Gasteiger charge is -2.36. The van der Waals surface area contributed by atoms with E-state index in [9.17, 15) is 0 Å². The molecule has 1 heteroatoms. The lowest BCUT2D eigenvalue weighted by molar-refractivity contribution is 0.251. The molecule has 0 heterocycles. The molecular formula is C31H57N. The van der Waals surface area contributed by atoms with Crippen LogP contribution in [0.5, 0.6) is 0 Å². The molecular weight excluding hydrogens is 386 g/mol. The van der Waals surface area contributed by atoms with Gasteiger partial charge in [-0.3, -0.25) is 0 Å². The molecule has 1 rings (SSSR count). The summed E-state index contributed by atoms with van der Waals surface area (Å²) in [6.45, 7) is 18.9. The van der Waals surface area contributed by atoms with E-state index in [4.69, 9.17) is 0 Å². The molecule has 0 aliphatic rings. The summed E-state index contributed by atoms with van der Waals surface area (Å²) in [6, 6.07) is 10.0. The van der Waals surface area contributed by atoms with Crippen LogP contribution >= 0.6 is 0 Å². The van der Waals surface area contributed by atoms with Crippen molar-refractivity contribution in [2.75, 3.05) is 0 Å². The third kappa shape index (κ3) is 10.9. The monoisotopic (exact) mass is 443 g/mol. The van der Waals surface area contributed by atoms with Crippen LogP contribution in [-0.2, 0) is 5.41 Å². The Kier molecular flexibility index (Phi) is 13.8. The van der Waals surface area contributed by atoms with Crippen molar-refractivity contribution in [3.8, 4) is 0 Å². The van der Waals surface area contributed by atoms with Crippen LogP contribution in [0.1, 0.15) is 156 Å². The zero-order chi connectivity index (χ0) is 24.0. The summed E-state index contributed by atoms with van der Waals surface area (Å²) in [4.78, 5) is 0. The molecule has 0 aliphatic carbocycles. The summed E-state index contributed by atoms with van der Waals surface area (Å²) in [5.74, 6) is 0.588. The largest absolute Gasteiger partial charge is 0.309 e. The van der Waals surface area contributed by atoms with Gasteiger partial charge in [-0.15, -0.1) is 0 Å². The van der Waals surface area contributed by atoms with E-state index in [0.717, 1.165) is 0 Å². The predicted molar refractivity (Wildman–Crippen MR) is 146 cm³/mol. The van der Waals surface area contributed by atoms with Crippen LogP contribution in [0.15, 0.2) is 24.3 Å². The second kappa shape index (κ2) is 15.2. The first-order chi connectivity index (χ1) is 15.2. The number of rotatable bonds is 18. The zero-order valence-electron chi connectivity index (χ0n) is 23.2. The SMILES string of the molecule is CCCCCCCC(C)(CCCCCC)NC(C)CC(C)c1ccc(C(C)(C)CC)cc1. The minimum atomic E-state index is 0.271. The summed E-state index contributed by atoms with van der Waals surface area (Å²) in [5, 5.41) is 4.11. The third-order valence-electron chi connectivity index (χ3n) is 7.86. The van der Waals surface area contributed by atoms with Crippen LogP contribution < -0.4 is 5.32 Å². The number of hydrogen-bond donors (Lipinski definition) is 1. The highest BCUT2D eigenvalue weighted by Gasteiger charge is 2.26. The average molecular weight is 444 g/mol. The maximum absolute atomic E-state index is 4.11. The third-order valence-corrected chi connectivity index (χ3v) is 7.86. The van der Waals surface area contributed by atoms with Crippen molar-refractivity contribution in [1.29, 1.82) is 0 Å². The lowest BCUT2D eigenvalue weighted by Crippen LogP contribution is -2.47. The van der Waals surface area contributed by atoms with Crippen molar-refractivity contribution >= 4 is 0 Å². The van der Waals surface area contributed by atoms with Crippen LogP contribution in [0.3, 0.4) is 0 Å².